The number of phenolic OH excluding ortho intramolecular Hbond substituents is 1. The number of carbonyl (C=O) groups is 2. The van der Waals surface area contributed by atoms with Gasteiger partial charge in [0.05, 0.1) is 23.7 Å². The smallest absolute Gasteiger partial charge is 0.317 e. The fourth-order valence-corrected chi connectivity index (χ4v) is 5.05. The standard InChI is InChI=1S/C26H25FN4O3/c27-19-4-3-6-21(16-19)31-23(18-7-9-22(32)10-8-18)26(24(31)33)11-14-30(15-12-26)25(34)29-17-20-5-1-2-13-28-20/h1-10,13,16,23,32H,11-12,14-15,17H2,(H,29,34). The van der Waals surface area contributed by atoms with Crippen LogP contribution in [0.3, 0.4) is 0 Å². The van der Waals surface area contributed by atoms with Crippen molar-refractivity contribution in [2.45, 2.75) is 25.4 Å². The Morgan fingerprint density at radius 3 is 2.53 bits per heavy atom. The van der Waals surface area contributed by atoms with E-state index in [1.165, 1.54) is 12.1 Å². The van der Waals surface area contributed by atoms with E-state index in [-0.39, 0.29) is 23.7 Å². The van der Waals surface area contributed by atoms with E-state index in [9.17, 15) is 19.1 Å². The Morgan fingerprint density at radius 2 is 1.85 bits per heavy atom. The van der Waals surface area contributed by atoms with Crippen LogP contribution in [0, 0.1) is 11.2 Å². The van der Waals surface area contributed by atoms with Gasteiger partial charge in [0.2, 0.25) is 5.91 Å². The van der Waals surface area contributed by atoms with Crippen molar-refractivity contribution in [2.24, 2.45) is 5.41 Å². The summed E-state index contributed by atoms with van der Waals surface area (Å²) >= 11 is 0. The van der Waals surface area contributed by atoms with Crippen LogP contribution in [0.15, 0.2) is 72.9 Å². The molecule has 0 saturated carbocycles. The summed E-state index contributed by atoms with van der Waals surface area (Å²) in [5, 5.41) is 12.6. The fourth-order valence-electron chi connectivity index (χ4n) is 5.05. The van der Waals surface area contributed by atoms with E-state index >= 15 is 0 Å². The third-order valence-corrected chi connectivity index (χ3v) is 6.81. The molecular weight excluding hydrogens is 435 g/mol. The van der Waals surface area contributed by atoms with Crippen LogP contribution in [0.5, 0.6) is 5.75 Å². The summed E-state index contributed by atoms with van der Waals surface area (Å²) in [5.74, 6) is -0.333. The predicted molar refractivity (Wildman–Crippen MR) is 124 cm³/mol. The molecular formula is C26H25FN4O3. The number of halogens is 1. The number of amides is 3. The number of aromatic nitrogens is 1. The van der Waals surface area contributed by atoms with Gasteiger partial charge < -0.3 is 20.2 Å². The molecule has 5 rings (SSSR count). The van der Waals surface area contributed by atoms with Gasteiger partial charge in [-0.1, -0.05) is 24.3 Å². The lowest BCUT2D eigenvalue weighted by atomic mass is 9.62. The Bertz CT molecular complexity index is 1190. The largest absolute Gasteiger partial charge is 0.508 e. The van der Waals surface area contributed by atoms with Gasteiger partial charge in [-0.05, 0) is 60.9 Å². The van der Waals surface area contributed by atoms with Crippen LogP contribution < -0.4 is 10.2 Å². The first-order chi connectivity index (χ1) is 16.5. The number of phenols is 1. The van der Waals surface area contributed by atoms with Gasteiger partial charge in [0, 0.05) is 25.0 Å². The number of hydrogen-bond donors (Lipinski definition) is 2. The summed E-state index contributed by atoms with van der Waals surface area (Å²) in [6.07, 6.45) is 2.68. The lowest BCUT2D eigenvalue weighted by Gasteiger charge is -2.59. The molecule has 7 nitrogen and oxygen atoms in total. The molecule has 2 saturated heterocycles. The quantitative estimate of drug-likeness (QED) is 0.576. The number of piperidine rings is 1. The molecule has 2 aromatic carbocycles. The van der Waals surface area contributed by atoms with Crippen LogP contribution in [0.1, 0.15) is 30.1 Å². The zero-order valence-corrected chi connectivity index (χ0v) is 18.5. The van der Waals surface area contributed by atoms with Crippen molar-refractivity contribution in [2.75, 3.05) is 18.0 Å². The van der Waals surface area contributed by atoms with Gasteiger partial charge in [-0.15, -0.1) is 0 Å². The minimum absolute atomic E-state index is 0.0651. The number of β-lactam (4-membered cyclic amide) rings is 1. The molecule has 34 heavy (non-hydrogen) atoms. The maximum Gasteiger partial charge on any atom is 0.317 e. The molecule has 3 amide bonds. The Morgan fingerprint density at radius 1 is 1.09 bits per heavy atom. The van der Waals surface area contributed by atoms with Crippen LogP contribution in [0.25, 0.3) is 0 Å². The van der Waals surface area contributed by atoms with Crippen LogP contribution in [0.2, 0.25) is 0 Å². The summed E-state index contributed by atoms with van der Waals surface area (Å²) in [4.78, 5) is 33.8. The molecule has 1 atom stereocenters. The van der Waals surface area contributed by atoms with Crippen molar-refractivity contribution in [3.05, 3.63) is 90.0 Å². The first-order valence-corrected chi connectivity index (χ1v) is 11.3. The van der Waals surface area contributed by atoms with Crippen molar-refractivity contribution in [3.8, 4) is 5.75 Å². The molecule has 1 unspecified atom stereocenters. The number of carbonyl (C=O) groups excluding carboxylic acids is 2. The van der Waals surface area contributed by atoms with Gasteiger partial charge in [-0.25, -0.2) is 9.18 Å². The molecule has 0 aliphatic carbocycles. The Labute approximate surface area is 196 Å². The minimum atomic E-state index is -0.680. The first-order valence-electron chi connectivity index (χ1n) is 11.3. The van der Waals surface area contributed by atoms with Gasteiger partial charge >= 0.3 is 6.03 Å². The molecule has 0 bridgehead atoms. The van der Waals surface area contributed by atoms with E-state index in [2.05, 4.69) is 10.3 Å². The van der Waals surface area contributed by atoms with Crippen LogP contribution in [0.4, 0.5) is 14.9 Å². The average Bonchev–Trinajstić information content (AvgIpc) is 2.87. The van der Waals surface area contributed by atoms with E-state index in [1.54, 1.807) is 52.4 Å². The second-order valence-electron chi connectivity index (χ2n) is 8.77. The lowest BCUT2D eigenvalue weighted by Crippen LogP contribution is -2.67. The molecule has 3 aromatic rings. The summed E-state index contributed by atoms with van der Waals surface area (Å²) < 4.78 is 13.9. The average molecular weight is 461 g/mol. The SMILES string of the molecule is O=C(NCc1ccccn1)N1CCC2(CC1)C(=O)N(c1cccc(F)c1)C2c1ccc(O)cc1. The zero-order chi connectivity index (χ0) is 23.7. The third kappa shape index (κ3) is 3.85. The molecule has 174 valence electrons. The van der Waals surface area contributed by atoms with Crippen molar-refractivity contribution in [3.63, 3.8) is 0 Å². The highest BCUT2D eigenvalue weighted by molar-refractivity contribution is 6.06. The van der Waals surface area contributed by atoms with E-state index in [4.69, 9.17) is 0 Å². The van der Waals surface area contributed by atoms with E-state index in [0.29, 0.717) is 38.2 Å². The maximum absolute atomic E-state index is 13.9. The van der Waals surface area contributed by atoms with Crippen LogP contribution in [-0.4, -0.2) is 40.0 Å². The molecule has 1 spiro atoms. The molecule has 2 aliphatic heterocycles. The highest BCUT2D eigenvalue weighted by Gasteiger charge is 2.62. The summed E-state index contributed by atoms with van der Waals surface area (Å²) in [6, 6.07) is 17.9. The second-order valence-corrected chi connectivity index (χ2v) is 8.77. The van der Waals surface area contributed by atoms with Crippen molar-refractivity contribution >= 4 is 17.6 Å². The molecule has 8 heteroatoms. The molecule has 0 radical (unpaired) electrons. The van der Waals surface area contributed by atoms with E-state index in [0.717, 1.165) is 11.3 Å². The van der Waals surface area contributed by atoms with Gasteiger partial charge in [-0.3, -0.25) is 9.78 Å². The number of hydrogen-bond acceptors (Lipinski definition) is 4. The molecule has 2 fully saturated rings. The highest BCUT2D eigenvalue weighted by Crippen LogP contribution is 2.57. The van der Waals surface area contributed by atoms with Crippen molar-refractivity contribution in [1.82, 2.24) is 15.2 Å². The second kappa shape index (κ2) is 8.78. The number of likely N-dealkylation sites (tertiary alicyclic amines) is 1. The number of rotatable bonds is 4. The van der Waals surface area contributed by atoms with Crippen LogP contribution >= 0.6 is 0 Å². The Balaban J connectivity index is 1.34. The highest BCUT2D eigenvalue weighted by atomic mass is 19.1. The summed E-state index contributed by atoms with van der Waals surface area (Å²) in [5.41, 5.74) is 1.47. The number of pyridine rings is 1. The number of urea groups is 1. The van der Waals surface area contributed by atoms with Gasteiger partial charge in [0.15, 0.2) is 0 Å². The number of benzene rings is 2. The topological polar surface area (TPSA) is 85.8 Å². The van der Waals surface area contributed by atoms with Gasteiger partial charge in [-0.2, -0.15) is 0 Å². The predicted octanol–water partition coefficient (Wildman–Crippen LogP) is 4.01. The summed E-state index contributed by atoms with van der Waals surface area (Å²) in [7, 11) is 0. The molecule has 2 N–H and O–H groups in total. The fraction of sp³-hybridized carbons (Fsp3) is 0.269. The monoisotopic (exact) mass is 460 g/mol. The zero-order valence-electron chi connectivity index (χ0n) is 18.5. The van der Waals surface area contributed by atoms with Crippen molar-refractivity contribution in [1.29, 1.82) is 0 Å². The van der Waals surface area contributed by atoms with Crippen molar-refractivity contribution < 1.29 is 19.1 Å². The van der Waals surface area contributed by atoms with Gasteiger partial charge in [0.25, 0.3) is 0 Å². The maximum atomic E-state index is 13.9. The van der Waals surface area contributed by atoms with Gasteiger partial charge in [0.1, 0.15) is 11.6 Å². The van der Waals surface area contributed by atoms with E-state index < -0.39 is 11.2 Å². The molecule has 2 aliphatic rings. The van der Waals surface area contributed by atoms with E-state index in [1.807, 2.05) is 18.2 Å². The Kier molecular flexibility index (Phi) is 5.65. The Hall–Kier alpha value is -3.94. The number of nitrogens with one attached hydrogen (secondary N) is 1. The normalized spacial score (nSPS) is 19.1. The molecule has 3 heterocycles. The first kappa shape index (κ1) is 21.9. The summed E-state index contributed by atoms with van der Waals surface area (Å²) in [6.45, 7) is 1.21. The number of aromatic hydroxyl groups is 1. The number of anilines is 1. The van der Waals surface area contributed by atoms with Crippen LogP contribution in [-0.2, 0) is 11.3 Å². The molecule has 1 aromatic heterocycles. The minimum Gasteiger partial charge on any atom is -0.508 e. The lowest BCUT2D eigenvalue weighted by molar-refractivity contribution is -0.144. The third-order valence-electron chi connectivity index (χ3n) is 6.81. The number of nitrogens with zero attached hydrogens (tertiary/aromatic N) is 3.